The molecule has 0 radical (unpaired) electrons. The molecule has 1 saturated heterocycles. The lowest BCUT2D eigenvalue weighted by Gasteiger charge is -2.26. The van der Waals surface area contributed by atoms with Gasteiger partial charge in [0.05, 0.1) is 36.9 Å². The Balaban J connectivity index is 1.53. The van der Waals surface area contributed by atoms with Crippen LogP contribution in [0.2, 0.25) is 0 Å². The number of rotatable bonds is 7. The third-order valence-electron chi connectivity index (χ3n) is 5.09. The number of hydrogen-bond donors (Lipinski definition) is 1. The molecule has 33 heavy (non-hydrogen) atoms. The van der Waals surface area contributed by atoms with Gasteiger partial charge in [-0.2, -0.15) is 5.10 Å². The van der Waals surface area contributed by atoms with Crippen molar-refractivity contribution in [3.8, 4) is 11.5 Å². The number of morpholine rings is 1. The molecule has 0 aliphatic carbocycles. The summed E-state index contributed by atoms with van der Waals surface area (Å²) in [6.45, 7) is 4.23. The largest absolute Gasteiger partial charge is 0.490 e. The highest BCUT2D eigenvalue weighted by Gasteiger charge is 2.18. The van der Waals surface area contributed by atoms with Gasteiger partial charge in [-0.25, -0.2) is 4.79 Å². The molecule has 1 aliphatic heterocycles. The van der Waals surface area contributed by atoms with Gasteiger partial charge in [0.25, 0.3) is 11.5 Å². The van der Waals surface area contributed by atoms with Gasteiger partial charge in [-0.05, 0) is 42.8 Å². The van der Waals surface area contributed by atoms with E-state index in [1.807, 2.05) is 6.92 Å². The summed E-state index contributed by atoms with van der Waals surface area (Å²) in [5, 5.41) is 4.42. The highest BCUT2D eigenvalue weighted by molar-refractivity contribution is 5.82. The van der Waals surface area contributed by atoms with Crippen molar-refractivity contribution in [2.75, 3.05) is 39.5 Å². The maximum Gasteiger partial charge on any atom is 0.349 e. The number of nitrogens with zero attached hydrogens (tertiary/aromatic N) is 3. The van der Waals surface area contributed by atoms with E-state index in [1.54, 1.807) is 47.4 Å². The van der Waals surface area contributed by atoms with Crippen LogP contribution in [0.25, 0.3) is 10.9 Å². The van der Waals surface area contributed by atoms with Crippen LogP contribution in [0.1, 0.15) is 12.5 Å². The van der Waals surface area contributed by atoms with E-state index in [1.165, 1.54) is 6.21 Å². The summed E-state index contributed by atoms with van der Waals surface area (Å²) < 4.78 is 17.4. The minimum absolute atomic E-state index is 0.116. The second-order valence-corrected chi connectivity index (χ2v) is 7.26. The van der Waals surface area contributed by atoms with Crippen LogP contribution in [0.15, 0.2) is 57.2 Å². The van der Waals surface area contributed by atoms with Gasteiger partial charge in [-0.15, -0.1) is 4.68 Å². The maximum absolute atomic E-state index is 12.6. The molecule has 1 N–H and O–H groups in total. The van der Waals surface area contributed by atoms with Crippen molar-refractivity contribution < 1.29 is 19.0 Å². The first kappa shape index (κ1) is 22.3. The van der Waals surface area contributed by atoms with Crippen LogP contribution >= 0.6 is 0 Å². The van der Waals surface area contributed by atoms with Crippen molar-refractivity contribution in [3.63, 3.8) is 0 Å². The second kappa shape index (κ2) is 10.1. The predicted molar refractivity (Wildman–Crippen MR) is 122 cm³/mol. The van der Waals surface area contributed by atoms with Crippen LogP contribution in [0, 0.1) is 0 Å². The first-order valence-corrected chi connectivity index (χ1v) is 10.6. The molecule has 1 aromatic heterocycles. The summed E-state index contributed by atoms with van der Waals surface area (Å²) in [4.78, 5) is 41.6. The average molecular weight is 452 g/mol. The van der Waals surface area contributed by atoms with Crippen molar-refractivity contribution in [2.24, 2.45) is 5.10 Å². The Bertz CT molecular complexity index is 1290. The van der Waals surface area contributed by atoms with E-state index in [9.17, 15) is 14.4 Å². The predicted octanol–water partition coefficient (Wildman–Crippen LogP) is 1.21. The summed E-state index contributed by atoms with van der Waals surface area (Å²) >= 11 is 0. The molecule has 10 heteroatoms. The topological polar surface area (TPSA) is 115 Å². The number of amides is 1. The highest BCUT2D eigenvalue weighted by Crippen LogP contribution is 2.28. The van der Waals surface area contributed by atoms with Gasteiger partial charge in [0.1, 0.15) is 0 Å². The van der Waals surface area contributed by atoms with E-state index >= 15 is 0 Å². The summed E-state index contributed by atoms with van der Waals surface area (Å²) in [5.41, 5.74) is -0.116. The molecule has 172 valence electrons. The van der Waals surface area contributed by atoms with Crippen molar-refractivity contribution in [1.82, 2.24) is 14.6 Å². The Labute approximate surface area is 189 Å². The molecule has 1 aliphatic rings. The summed E-state index contributed by atoms with van der Waals surface area (Å²) in [5.74, 6) is 0.716. The average Bonchev–Trinajstić information content (AvgIpc) is 2.84. The van der Waals surface area contributed by atoms with Gasteiger partial charge in [-0.1, -0.05) is 12.1 Å². The fourth-order valence-corrected chi connectivity index (χ4v) is 3.42. The number of H-pyrrole nitrogens is 1. The fourth-order valence-electron chi connectivity index (χ4n) is 3.42. The number of aromatic amines is 1. The second-order valence-electron chi connectivity index (χ2n) is 7.26. The number of carbonyl (C=O) groups is 1. The van der Waals surface area contributed by atoms with Crippen LogP contribution in [0.4, 0.5) is 0 Å². The first-order valence-electron chi connectivity index (χ1n) is 10.6. The van der Waals surface area contributed by atoms with Gasteiger partial charge in [0.2, 0.25) is 0 Å². The molecule has 1 amide bonds. The molecule has 2 aromatic carbocycles. The zero-order valence-corrected chi connectivity index (χ0v) is 18.2. The van der Waals surface area contributed by atoms with Crippen LogP contribution in [-0.4, -0.2) is 66.2 Å². The van der Waals surface area contributed by atoms with Crippen LogP contribution < -0.4 is 20.7 Å². The van der Waals surface area contributed by atoms with Crippen molar-refractivity contribution in [1.29, 1.82) is 0 Å². The summed E-state index contributed by atoms with van der Waals surface area (Å²) in [6, 6.07) is 11.8. The molecule has 3 aromatic rings. The molecule has 10 nitrogen and oxygen atoms in total. The Morgan fingerprint density at radius 1 is 1.12 bits per heavy atom. The number of nitrogens with one attached hydrogen (secondary N) is 1. The maximum atomic E-state index is 12.6. The molecule has 0 spiro atoms. The lowest BCUT2D eigenvalue weighted by Crippen LogP contribution is -2.43. The quantitative estimate of drug-likeness (QED) is 0.539. The Hall–Kier alpha value is -3.92. The lowest BCUT2D eigenvalue weighted by atomic mass is 10.2. The van der Waals surface area contributed by atoms with Crippen LogP contribution in [0.5, 0.6) is 11.5 Å². The summed E-state index contributed by atoms with van der Waals surface area (Å²) in [6.07, 6.45) is 1.39. The molecular weight excluding hydrogens is 428 g/mol. The number of fused-ring (bicyclic) bond motifs is 1. The number of carbonyl (C=O) groups excluding carboxylic acids is 1. The Morgan fingerprint density at radius 3 is 2.70 bits per heavy atom. The van der Waals surface area contributed by atoms with Gasteiger partial charge in [0, 0.05) is 13.1 Å². The van der Waals surface area contributed by atoms with E-state index in [0.717, 1.165) is 4.68 Å². The SMILES string of the molecule is CCOc1cc(C=Nn2c(=O)[nH]c3ccccc3c2=O)ccc1OCC(=O)N1CCOCC1. The molecule has 4 rings (SSSR count). The van der Waals surface area contributed by atoms with Crippen molar-refractivity contribution in [3.05, 3.63) is 68.9 Å². The van der Waals surface area contributed by atoms with E-state index in [0.29, 0.717) is 60.9 Å². The normalized spacial score (nSPS) is 14.0. The Kier molecular flexibility index (Phi) is 6.84. The number of aromatic nitrogens is 2. The van der Waals surface area contributed by atoms with E-state index in [-0.39, 0.29) is 12.5 Å². The molecule has 2 heterocycles. The monoisotopic (exact) mass is 452 g/mol. The molecule has 0 bridgehead atoms. The Morgan fingerprint density at radius 2 is 1.91 bits per heavy atom. The molecule has 0 atom stereocenters. The van der Waals surface area contributed by atoms with Crippen LogP contribution in [-0.2, 0) is 9.53 Å². The minimum Gasteiger partial charge on any atom is -0.490 e. The zero-order valence-electron chi connectivity index (χ0n) is 18.2. The van der Waals surface area contributed by atoms with E-state index in [2.05, 4.69) is 10.1 Å². The zero-order chi connectivity index (χ0) is 23.2. The van der Waals surface area contributed by atoms with Gasteiger partial charge >= 0.3 is 5.69 Å². The summed E-state index contributed by atoms with van der Waals surface area (Å²) in [7, 11) is 0. The smallest absolute Gasteiger partial charge is 0.349 e. The molecular formula is C23H24N4O6. The van der Waals surface area contributed by atoms with Crippen molar-refractivity contribution in [2.45, 2.75) is 6.92 Å². The fraction of sp³-hybridized carbons (Fsp3) is 0.304. The number of benzene rings is 2. The highest BCUT2D eigenvalue weighted by atomic mass is 16.5. The van der Waals surface area contributed by atoms with Gasteiger partial charge < -0.3 is 24.1 Å². The molecule has 1 fully saturated rings. The van der Waals surface area contributed by atoms with Gasteiger partial charge in [0.15, 0.2) is 18.1 Å². The number of hydrogen-bond acceptors (Lipinski definition) is 7. The number of ether oxygens (including phenoxy) is 3. The number of para-hydroxylation sites is 1. The standard InChI is InChI=1S/C23H24N4O6/c1-2-32-20-13-16(7-8-19(20)33-15-21(28)26-9-11-31-12-10-26)14-24-27-22(29)17-5-3-4-6-18(17)25-23(27)30/h3-8,13-14H,2,9-12,15H2,1H3,(H,25,30). The van der Waals surface area contributed by atoms with E-state index < -0.39 is 11.2 Å². The van der Waals surface area contributed by atoms with Crippen LogP contribution in [0.3, 0.4) is 0 Å². The molecule has 0 saturated carbocycles. The third kappa shape index (κ3) is 5.12. The third-order valence-corrected chi connectivity index (χ3v) is 5.09. The van der Waals surface area contributed by atoms with E-state index in [4.69, 9.17) is 14.2 Å². The van der Waals surface area contributed by atoms with Crippen molar-refractivity contribution >= 4 is 23.0 Å². The first-order chi connectivity index (χ1) is 16.1. The lowest BCUT2D eigenvalue weighted by molar-refractivity contribution is -0.137. The van der Waals surface area contributed by atoms with Gasteiger partial charge in [-0.3, -0.25) is 9.59 Å². The molecule has 0 unspecified atom stereocenters. The minimum atomic E-state index is -0.637.